The van der Waals surface area contributed by atoms with Crippen LogP contribution in [0, 0.1) is 12.7 Å². The number of halogens is 1. The quantitative estimate of drug-likeness (QED) is 0.604. The molecule has 3 aromatic rings. The molecule has 2 aliphatic heterocycles. The fourth-order valence-electron chi connectivity index (χ4n) is 3.89. The van der Waals surface area contributed by atoms with Crippen molar-refractivity contribution in [2.24, 2.45) is 0 Å². The Bertz CT molecular complexity index is 1170. The monoisotopic (exact) mass is 402 g/mol. The average molecular weight is 402 g/mol. The zero-order valence-electron chi connectivity index (χ0n) is 16.4. The molecular weight excluding hydrogens is 383 g/mol. The molecule has 0 fully saturated rings. The van der Waals surface area contributed by atoms with Gasteiger partial charge in [0.15, 0.2) is 5.76 Å². The van der Waals surface area contributed by atoms with Gasteiger partial charge in [-0.15, -0.1) is 0 Å². The van der Waals surface area contributed by atoms with E-state index in [-0.39, 0.29) is 17.4 Å². The van der Waals surface area contributed by atoms with Crippen LogP contribution in [0.2, 0.25) is 0 Å². The first-order chi connectivity index (χ1) is 14.6. The molecule has 0 atom stereocenters. The molecule has 0 amide bonds. The smallest absolute Gasteiger partial charge is 0.231 e. The number of fused-ring (bicyclic) bond motifs is 2. The van der Waals surface area contributed by atoms with Crippen LogP contribution < -0.4 is 9.47 Å². The number of ketones is 1. The normalized spacial score (nSPS) is 16.7. The van der Waals surface area contributed by atoms with Crippen LogP contribution in [0.3, 0.4) is 0 Å². The number of rotatable bonds is 3. The number of Topliss-reactive ketones (excluding diaryl/α,β-unsaturated/α-hetero) is 1. The minimum Gasteiger partial charge on any atom is -0.477 e. The van der Waals surface area contributed by atoms with Gasteiger partial charge in [0.2, 0.25) is 5.78 Å². The maximum Gasteiger partial charge on any atom is 0.231 e. The van der Waals surface area contributed by atoms with Crippen molar-refractivity contribution < 1.29 is 18.7 Å². The third-order valence-electron chi connectivity index (χ3n) is 5.30. The number of aromatic nitrogens is 1. The van der Waals surface area contributed by atoms with Crippen molar-refractivity contribution in [2.45, 2.75) is 20.0 Å². The molecular formula is C24H19FN2O3. The topological polar surface area (TPSA) is 51.7 Å². The van der Waals surface area contributed by atoms with E-state index in [9.17, 15) is 9.18 Å². The van der Waals surface area contributed by atoms with Crippen molar-refractivity contribution in [1.82, 2.24) is 9.88 Å². The predicted octanol–water partition coefficient (Wildman–Crippen LogP) is 4.50. The third kappa shape index (κ3) is 3.35. The molecule has 6 heteroatoms. The van der Waals surface area contributed by atoms with Gasteiger partial charge in [-0.05, 0) is 54.5 Å². The Morgan fingerprint density at radius 3 is 2.80 bits per heavy atom. The minimum atomic E-state index is -0.360. The molecule has 2 aromatic carbocycles. The van der Waals surface area contributed by atoms with Gasteiger partial charge in [0.1, 0.15) is 24.0 Å². The Labute approximate surface area is 173 Å². The van der Waals surface area contributed by atoms with Gasteiger partial charge < -0.3 is 9.47 Å². The summed E-state index contributed by atoms with van der Waals surface area (Å²) in [5.74, 6) is 0.909. The summed E-state index contributed by atoms with van der Waals surface area (Å²) >= 11 is 0. The standard InChI is InChI=1S/C24H19FN2O3/c1-15-23-18(13-27(14-29-23)12-16-5-7-26-8-6-16)11-20-22(28)21(30-24(15)20)10-17-3-2-4-19(25)9-17/h2-11H,12-14H2,1H3/b21-10-. The van der Waals surface area contributed by atoms with Crippen LogP contribution in [-0.2, 0) is 13.1 Å². The van der Waals surface area contributed by atoms with Gasteiger partial charge in [0, 0.05) is 36.6 Å². The summed E-state index contributed by atoms with van der Waals surface area (Å²) in [7, 11) is 0. The number of carbonyl (C=O) groups is 1. The highest BCUT2D eigenvalue weighted by Gasteiger charge is 2.33. The molecule has 0 spiro atoms. The van der Waals surface area contributed by atoms with Crippen LogP contribution in [0.15, 0.2) is 60.6 Å². The van der Waals surface area contributed by atoms with Gasteiger partial charge in [-0.25, -0.2) is 4.39 Å². The van der Waals surface area contributed by atoms with Crippen LogP contribution in [0.4, 0.5) is 4.39 Å². The number of allylic oxidation sites excluding steroid dienone is 1. The van der Waals surface area contributed by atoms with E-state index in [0.717, 1.165) is 29.0 Å². The van der Waals surface area contributed by atoms with Gasteiger partial charge in [0.25, 0.3) is 0 Å². The number of nitrogens with zero attached hydrogens (tertiary/aromatic N) is 2. The molecule has 3 heterocycles. The minimum absolute atomic E-state index is 0.190. The number of hydrogen-bond donors (Lipinski definition) is 0. The summed E-state index contributed by atoms with van der Waals surface area (Å²) in [4.78, 5) is 19.2. The molecule has 0 unspecified atom stereocenters. The zero-order chi connectivity index (χ0) is 20.7. The van der Waals surface area contributed by atoms with Crippen molar-refractivity contribution in [3.63, 3.8) is 0 Å². The first-order valence-electron chi connectivity index (χ1n) is 9.69. The fourth-order valence-corrected chi connectivity index (χ4v) is 3.89. The highest BCUT2D eigenvalue weighted by Crippen LogP contribution is 2.43. The average Bonchev–Trinajstić information content (AvgIpc) is 3.05. The van der Waals surface area contributed by atoms with Gasteiger partial charge in [-0.3, -0.25) is 14.7 Å². The molecule has 0 saturated heterocycles. The van der Waals surface area contributed by atoms with E-state index >= 15 is 0 Å². The zero-order valence-corrected chi connectivity index (χ0v) is 16.4. The van der Waals surface area contributed by atoms with Crippen LogP contribution >= 0.6 is 0 Å². The third-order valence-corrected chi connectivity index (χ3v) is 5.30. The lowest BCUT2D eigenvalue weighted by Gasteiger charge is -2.30. The molecule has 5 rings (SSSR count). The van der Waals surface area contributed by atoms with Crippen molar-refractivity contribution in [3.05, 3.63) is 94.3 Å². The number of hydrogen-bond acceptors (Lipinski definition) is 5. The van der Waals surface area contributed by atoms with Crippen LogP contribution in [0.5, 0.6) is 11.5 Å². The summed E-state index contributed by atoms with van der Waals surface area (Å²) < 4.78 is 25.4. The molecule has 0 aliphatic carbocycles. The largest absolute Gasteiger partial charge is 0.477 e. The summed E-state index contributed by atoms with van der Waals surface area (Å²) in [6, 6.07) is 11.9. The first-order valence-corrected chi connectivity index (χ1v) is 9.69. The molecule has 1 aromatic heterocycles. The lowest BCUT2D eigenvalue weighted by molar-refractivity contribution is 0.0876. The van der Waals surface area contributed by atoms with E-state index in [4.69, 9.17) is 9.47 Å². The van der Waals surface area contributed by atoms with Gasteiger partial charge in [-0.1, -0.05) is 12.1 Å². The Kier molecular flexibility index (Phi) is 4.56. The number of ether oxygens (including phenoxy) is 2. The Morgan fingerprint density at radius 2 is 2.00 bits per heavy atom. The molecule has 0 N–H and O–H groups in total. The summed E-state index contributed by atoms with van der Waals surface area (Å²) in [5, 5.41) is 0. The van der Waals surface area contributed by atoms with Crippen LogP contribution in [-0.4, -0.2) is 22.4 Å². The number of pyridine rings is 1. The maximum atomic E-state index is 13.5. The van der Waals surface area contributed by atoms with Crippen LogP contribution in [0.25, 0.3) is 6.08 Å². The lowest BCUT2D eigenvalue weighted by atomic mass is 10.00. The second-order valence-corrected chi connectivity index (χ2v) is 7.48. The Balaban J connectivity index is 1.44. The Morgan fingerprint density at radius 1 is 1.17 bits per heavy atom. The van der Waals surface area contributed by atoms with Gasteiger partial charge in [-0.2, -0.15) is 0 Å². The van der Waals surface area contributed by atoms with E-state index in [0.29, 0.717) is 30.2 Å². The molecule has 0 bridgehead atoms. The maximum absolute atomic E-state index is 13.5. The molecule has 30 heavy (non-hydrogen) atoms. The van der Waals surface area contributed by atoms with Crippen molar-refractivity contribution in [1.29, 1.82) is 0 Å². The number of carbonyl (C=O) groups excluding carboxylic acids is 1. The molecule has 2 aliphatic rings. The summed E-state index contributed by atoms with van der Waals surface area (Å²) in [6.07, 6.45) is 5.11. The predicted molar refractivity (Wildman–Crippen MR) is 109 cm³/mol. The molecule has 150 valence electrons. The van der Waals surface area contributed by atoms with Crippen molar-refractivity contribution in [3.8, 4) is 11.5 Å². The van der Waals surface area contributed by atoms with E-state index in [1.54, 1.807) is 30.6 Å². The van der Waals surface area contributed by atoms with E-state index in [1.807, 2.05) is 25.1 Å². The van der Waals surface area contributed by atoms with Gasteiger partial charge >= 0.3 is 0 Å². The fraction of sp³-hybridized carbons (Fsp3) is 0.167. The SMILES string of the molecule is Cc1c2c(cc3c1O/C(=C\c1cccc(F)c1)C3=O)CN(Cc1ccncc1)CO2. The number of benzene rings is 2. The molecule has 0 radical (unpaired) electrons. The van der Waals surface area contributed by atoms with E-state index in [2.05, 4.69) is 9.88 Å². The van der Waals surface area contributed by atoms with Crippen molar-refractivity contribution in [2.75, 3.05) is 6.73 Å². The highest BCUT2D eigenvalue weighted by atomic mass is 19.1. The second kappa shape index (κ2) is 7.39. The van der Waals surface area contributed by atoms with Crippen molar-refractivity contribution >= 4 is 11.9 Å². The summed E-state index contributed by atoms with van der Waals surface area (Å²) in [6.45, 7) is 3.75. The highest BCUT2D eigenvalue weighted by molar-refractivity contribution is 6.15. The van der Waals surface area contributed by atoms with E-state index in [1.165, 1.54) is 12.1 Å². The lowest BCUT2D eigenvalue weighted by Crippen LogP contribution is -2.32. The molecule has 5 nitrogen and oxygen atoms in total. The Hall–Kier alpha value is -3.51. The van der Waals surface area contributed by atoms with Crippen LogP contribution in [0.1, 0.15) is 32.6 Å². The summed E-state index contributed by atoms with van der Waals surface area (Å²) in [5.41, 5.74) is 4.00. The van der Waals surface area contributed by atoms with Gasteiger partial charge in [0.05, 0.1) is 5.56 Å². The molecule has 0 saturated carbocycles. The first kappa shape index (κ1) is 18.5. The second-order valence-electron chi connectivity index (χ2n) is 7.48. The van der Waals surface area contributed by atoms with E-state index < -0.39 is 0 Å².